The van der Waals surface area contributed by atoms with Crippen molar-refractivity contribution in [2.24, 2.45) is 0 Å². The van der Waals surface area contributed by atoms with Gasteiger partial charge in [0, 0.05) is 31.1 Å². The van der Waals surface area contributed by atoms with Crippen molar-refractivity contribution in [1.82, 2.24) is 14.1 Å². The molecule has 1 fully saturated rings. The predicted octanol–water partition coefficient (Wildman–Crippen LogP) is 4.17. The highest BCUT2D eigenvalue weighted by Crippen LogP contribution is 2.33. The van der Waals surface area contributed by atoms with E-state index in [1.54, 1.807) is 42.6 Å². The molecular formula is C27H25FN4O3S2. The maximum Gasteiger partial charge on any atom is 0.287 e. The number of para-hydroxylation sites is 1. The molecular weight excluding hydrogens is 511 g/mol. The lowest BCUT2D eigenvalue weighted by Crippen LogP contribution is -2.49. The number of halogens is 1. The normalized spacial score (nSPS) is 14.6. The number of piperazine rings is 1. The van der Waals surface area contributed by atoms with Crippen molar-refractivity contribution >= 4 is 27.5 Å². The van der Waals surface area contributed by atoms with Crippen molar-refractivity contribution in [3.8, 4) is 5.69 Å². The van der Waals surface area contributed by atoms with Gasteiger partial charge in [-0.25, -0.2) is 12.8 Å². The number of anilines is 1. The molecule has 0 spiro atoms. The highest BCUT2D eigenvalue weighted by atomic mass is 32.2. The van der Waals surface area contributed by atoms with Crippen LogP contribution in [0.5, 0.6) is 0 Å². The van der Waals surface area contributed by atoms with Gasteiger partial charge in [0.1, 0.15) is 10.7 Å². The average molecular weight is 537 g/mol. The first-order valence-electron chi connectivity index (χ1n) is 11.8. The number of hydrogen-bond donors (Lipinski definition) is 0. The zero-order chi connectivity index (χ0) is 25.8. The highest BCUT2D eigenvalue weighted by molar-refractivity contribution is 7.99. The molecule has 0 saturated carbocycles. The Morgan fingerprint density at radius 1 is 0.838 bits per heavy atom. The Hall–Kier alpha value is -3.47. The van der Waals surface area contributed by atoms with E-state index < -0.39 is 10.0 Å². The summed E-state index contributed by atoms with van der Waals surface area (Å²) in [7, 11) is -3.47. The van der Waals surface area contributed by atoms with Crippen LogP contribution in [-0.2, 0) is 15.8 Å². The Bertz CT molecular complexity index is 1520. The fourth-order valence-electron chi connectivity index (χ4n) is 4.21. The summed E-state index contributed by atoms with van der Waals surface area (Å²) in [5, 5.41) is 4.42. The number of nitrogens with zero attached hydrogens (tertiary/aromatic N) is 4. The third kappa shape index (κ3) is 5.76. The van der Waals surface area contributed by atoms with Gasteiger partial charge >= 0.3 is 0 Å². The number of benzene rings is 3. The van der Waals surface area contributed by atoms with E-state index in [0.29, 0.717) is 42.4 Å². The van der Waals surface area contributed by atoms with Crippen LogP contribution in [-0.4, -0.2) is 48.7 Å². The maximum absolute atomic E-state index is 13.6. The number of hydrogen-bond acceptors (Lipinski definition) is 6. The van der Waals surface area contributed by atoms with Crippen LogP contribution in [0.3, 0.4) is 0 Å². The van der Waals surface area contributed by atoms with Gasteiger partial charge in [0.05, 0.1) is 23.3 Å². The van der Waals surface area contributed by atoms with E-state index in [0.717, 1.165) is 10.5 Å². The molecule has 0 unspecified atom stereocenters. The van der Waals surface area contributed by atoms with Crippen LogP contribution < -0.4 is 10.5 Å². The Morgan fingerprint density at radius 3 is 2.11 bits per heavy atom. The van der Waals surface area contributed by atoms with Crippen molar-refractivity contribution in [3.63, 3.8) is 0 Å². The third-order valence-electron chi connectivity index (χ3n) is 6.11. The average Bonchev–Trinajstić information content (AvgIpc) is 2.92. The second kappa shape index (κ2) is 10.9. The van der Waals surface area contributed by atoms with Gasteiger partial charge in [0.2, 0.25) is 10.0 Å². The topological polar surface area (TPSA) is 75.5 Å². The van der Waals surface area contributed by atoms with Gasteiger partial charge in [-0.15, -0.1) is 0 Å². The summed E-state index contributed by atoms with van der Waals surface area (Å²) < 4.78 is 42.3. The van der Waals surface area contributed by atoms with E-state index in [1.165, 1.54) is 32.9 Å². The largest absolute Gasteiger partial charge is 0.367 e. The monoisotopic (exact) mass is 536 g/mol. The molecule has 1 aromatic heterocycles. The van der Waals surface area contributed by atoms with Gasteiger partial charge in [0.15, 0.2) is 0 Å². The van der Waals surface area contributed by atoms with Gasteiger partial charge in [0.25, 0.3) is 5.56 Å². The van der Waals surface area contributed by atoms with Crippen LogP contribution in [0.25, 0.3) is 5.69 Å². The lowest BCUT2D eigenvalue weighted by Gasteiger charge is -2.36. The quantitative estimate of drug-likeness (QED) is 0.353. The van der Waals surface area contributed by atoms with Crippen molar-refractivity contribution in [2.45, 2.75) is 15.5 Å². The van der Waals surface area contributed by atoms with Gasteiger partial charge in [-0.2, -0.15) is 14.1 Å². The molecule has 0 aliphatic carbocycles. The summed E-state index contributed by atoms with van der Waals surface area (Å²) in [5.41, 5.74) is 1.72. The molecule has 0 amide bonds. The van der Waals surface area contributed by atoms with Crippen molar-refractivity contribution in [1.29, 1.82) is 0 Å². The van der Waals surface area contributed by atoms with Gasteiger partial charge in [-0.1, -0.05) is 60.3 Å². The van der Waals surface area contributed by atoms with E-state index in [1.807, 2.05) is 41.3 Å². The molecule has 1 aliphatic heterocycles. The Morgan fingerprint density at radius 2 is 1.46 bits per heavy atom. The van der Waals surface area contributed by atoms with Crippen molar-refractivity contribution in [3.05, 3.63) is 113 Å². The van der Waals surface area contributed by atoms with Gasteiger partial charge < -0.3 is 4.90 Å². The molecule has 7 nitrogen and oxygen atoms in total. The zero-order valence-corrected chi connectivity index (χ0v) is 21.5. The van der Waals surface area contributed by atoms with E-state index in [-0.39, 0.29) is 17.1 Å². The molecule has 10 heteroatoms. The summed E-state index contributed by atoms with van der Waals surface area (Å²) >= 11 is 1.25. The molecule has 1 aliphatic rings. The molecule has 0 atom stereocenters. The summed E-state index contributed by atoms with van der Waals surface area (Å²) in [6.07, 6.45) is 1.65. The number of sulfonamides is 1. The fourth-order valence-corrected chi connectivity index (χ4v) is 6.69. The smallest absolute Gasteiger partial charge is 0.287 e. The first-order chi connectivity index (χ1) is 17.9. The van der Waals surface area contributed by atoms with Crippen LogP contribution in [0.4, 0.5) is 10.1 Å². The Labute approximate surface area is 219 Å². The van der Waals surface area contributed by atoms with E-state index in [4.69, 9.17) is 0 Å². The lowest BCUT2D eigenvalue weighted by molar-refractivity contribution is 0.383. The first-order valence-corrected chi connectivity index (χ1v) is 14.2. The number of rotatable bonds is 7. The minimum absolute atomic E-state index is 0.0474. The maximum atomic E-state index is 13.6. The predicted molar refractivity (Wildman–Crippen MR) is 143 cm³/mol. The van der Waals surface area contributed by atoms with Crippen LogP contribution in [0.15, 0.2) is 106 Å². The molecule has 3 aromatic carbocycles. The van der Waals surface area contributed by atoms with Crippen molar-refractivity contribution < 1.29 is 12.8 Å². The Kier molecular flexibility index (Phi) is 7.40. The molecule has 0 N–H and O–H groups in total. The second-order valence-electron chi connectivity index (χ2n) is 8.60. The number of aromatic nitrogens is 2. The van der Waals surface area contributed by atoms with E-state index in [9.17, 15) is 17.6 Å². The summed E-state index contributed by atoms with van der Waals surface area (Å²) in [6, 6.07) is 24.2. The minimum Gasteiger partial charge on any atom is -0.367 e. The molecule has 190 valence electrons. The fraction of sp³-hybridized carbons (Fsp3) is 0.185. The van der Waals surface area contributed by atoms with E-state index >= 15 is 0 Å². The standard InChI is InChI=1S/C27H25FN4O3S2/c28-22-11-13-24(14-12-22)36-26-25(19-29-32(27(26)33)23-9-5-2-6-10-23)30-15-17-31(18-16-30)37(34,35)20-21-7-3-1-4-8-21/h1-14,19H,15-18,20H2. The summed E-state index contributed by atoms with van der Waals surface area (Å²) in [4.78, 5) is 16.8. The summed E-state index contributed by atoms with van der Waals surface area (Å²) in [6.45, 7) is 1.44. The van der Waals surface area contributed by atoms with Crippen LogP contribution in [0.1, 0.15) is 5.56 Å². The zero-order valence-electron chi connectivity index (χ0n) is 19.9. The van der Waals surface area contributed by atoms with Crippen molar-refractivity contribution in [2.75, 3.05) is 31.1 Å². The molecule has 0 bridgehead atoms. The molecule has 4 aromatic rings. The van der Waals surface area contributed by atoms with Crippen LogP contribution >= 0.6 is 11.8 Å². The third-order valence-corrected chi connectivity index (χ3v) is 9.06. The molecule has 2 heterocycles. The molecule has 5 rings (SSSR count). The lowest BCUT2D eigenvalue weighted by atomic mass is 10.2. The highest BCUT2D eigenvalue weighted by Gasteiger charge is 2.29. The second-order valence-corrected chi connectivity index (χ2v) is 11.6. The SMILES string of the molecule is O=c1c(Sc2ccc(F)cc2)c(N2CCN(S(=O)(=O)Cc3ccccc3)CC2)cnn1-c1ccccc1. The van der Waals surface area contributed by atoms with Crippen LogP contribution in [0.2, 0.25) is 0 Å². The van der Waals surface area contributed by atoms with Gasteiger partial charge in [-0.3, -0.25) is 4.79 Å². The van der Waals surface area contributed by atoms with Gasteiger partial charge in [-0.05, 0) is 42.0 Å². The summed E-state index contributed by atoms with van der Waals surface area (Å²) in [5.74, 6) is -0.400. The molecule has 37 heavy (non-hydrogen) atoms. The van der Waals surface area contributed by atoms with E-state index in [2.05, 4.69) is 5.10 Å². The Balaban J connectivity index is 1.42. The molecule has 0 radical (unpaired) electrons. The minimum atomic E-state index is -3.47. The molecule has 1 saturated heterocycles. The van der Waals surface area contributed by atoms with Crippen LogP contribution in [0, 0.1) is 5.82 Å². The first kappa shape index (κ1) is 25.2.